The number of nitrogens with zero attached hydrogens (tertiary/aromatic N) is 1. The molecule has 116 valence electrons. The van der Waals surface area contributed by atoms with Crippen LogP contribution >= 0.6 is 0 Å². The van der Waals surface area contributed by atoms with Crippen LogP contribution in [0.3, 0.4) is 0 Å². The van der Waals surface area contributed by atoms with Gasteiger partial charge in [0, 0.05) is 11.8 Å². The second-order valence-corrected chi connectivity index (χ2v) is 7.23. The van der Waals surface area contributed by atoms with Crippen LogP contribution in [-0.4, -0.2) is 4.98 Å². The van der Waals surface area contributed by atoms with Gasteiger partial charge in [-0.05, 0) is 40.7 Å². The Morgan fingerprint density at radius 2 is 1.43 bits per heavy atom. The van der Waals surface area contributed by atoms with Crippen LogP contribution in [0.5, 0.6) is 0 Å². The van der Waals surface area contributed by atoms with Crippen LogP contribution in [0.25, 0.3) is 22.4 Å². The Bertz CT molecular complexity index is 765. The van der Waals surface area contributed by atoms with Gasteiger partial charge >= 0.3 is 0 Å². The second kappa shape index (κ2) is 6.37. The largest absolute Gasteiger partial charge is 0.256 e. The van der Waals surface area contributed by atoms with Crippen molar-refractivity contribution in [3.8, 4) is 22.4 Å². The molecule has 0 spiro atoms. The molecule has 0 saturated carbocycles. The predicted octanol–water partition coefficient (Wildman–Crippen LogP) is 6.00. The summed E-state index contributed by atoms with van der Waals surface area (Å²) < 4.78 is 0. The van der Waals surface area contributed by atoms with Gasteiger partial charge in [-0.3, -0.25) is 4.98 Å². The van der Waals surface area contributed by atoms with Gasteiger partial charge in [0.1, 0.15) is 0 Å². The third-order valence-corrected chi connectivity index (χ3v) is 3.85. The lowest BCUT2D eigenvalue weighted by molar-refractivity contribution is 0.411. The molecule has 0 saturated heterocycles. The van der Waals surface area contributed by atoms with Gasteiger partial charge < -0.3 is 0 Å². The molecule has 3 rings (SSSR count). The molecule has 0 bridgehead atoms. The molecule has 0 amide bonds. The monoisotopic (exact) mass is 301 g/mol. The van der Waals surface area contributed by atoms with Crippen LogP contribution in [0, 0.1) is 5.41 Å². The molecule has 1 nitrogen and oxygen atoms in total. The van der Waals surface area contributed by atoms with E-state index >= 15 is 0 Å². The minimum absolute atomic E-state index is 0.318. The molecule has 23 heavy (non-hydrogen) atoms. The molecule has 1 aromatic heterocycles. The fourth-order valence-electron chi connectivity index (χ4n) is 2.80. The fourth-order valence-corrected chi connectivity index (χ4v) is 2.80. The lowest BCUT2D eigenvalue weighted by Crippen LogP contribution is -2.08. The number of rotatable bonds is 3. The van der Waals surface area contributed by atoms with E-state index in [0.29, 0.717) is 5.41 Å². The van der Waals surface area contributed by atoms with Gasteiger partial charge in [0.2, 0.25) is 0 Å². The fraction of sp³-hybridized carbons (Fsp3) is 0.227. The Labute approximate surface area is 139 Å². The van der Waals surface area contributed by atoms with Crippen LogP contribution in [0.15, 0.2) is 72.9 Å². The molecule has 0 aliphatic carbocycles. The zero-order valence-corrected chi connectivity index (χ0v) is 14.1. The van der Waals surface area contributed by atoms with E-state index in [1.165, 1.54) is 16.7 Å². The highest BCUT2D eigenvalue weighted by Gasteiger charge is 2.11. The molecule has 0 fully saturated rings. The van der Waals surface area contributed by atoms with E-state index in [-0.39, 0.29) is 0 Å². The van der Waals surface area contributed by atoms with Gasteiger partial charge in [0.25, 0.3) is 0 Å². The lowest BCUT2D eigenvalue weighted by Gasteiger charge is -2.18. The Balaban J connectivity index is 1.88. The predicted molar refractivity (Wildman–Crippen MR) is 98.3 cm³/mol. The minimum Gasteiger partial charge on any atom is -0.256 e. The summed E-state index contributed by atoms with van der Waals surface area (Å²) in [6.07, 6.45) is 2.99. The Morgan fingerprint density at radius 3 is 2.09 bits per heavy atom. The number of benzene rings is 2. The highest BCUT2D eigenvalue weighted by atomic mass is 14.7. The van der Waals surface area contributed by atoms with E-state index in [2.05, 4.69) is 74.3 Å². The van der Waals surface area contributed by atoms with Crippen molar-refractivity contribution in [3.05, 3.63) is 78.5 Å². The third kappa shape index (κ3) is 4.07. The van der Waals surface area contributed by atoms with Crippen LogP contribution < -0.4 is 0 Å². The van der Waals surface area contributed by atoms with Crippen LogP contribution in [0.1, 0.15) is 26.3 Å². The molecule has 0 N–H and O–H groups in total. The van der Waals surface area contributed by atoms with E-state index < -0.39 is 0 Å². The summed E-state index contributed by atoms with van der Waals surface area (Å²) in [4.78, 5) is 4.50. The first kappa shape index (κ1) is 15.5. The number of hydrogen-bond donors (Lipinski definition) is 0. The molecule has 0 aliphatic heterocycles. The van der Waals surface area contributed by atoms with Crippen LogP contribution in [-0.2, 0) is 6.42 Å². The van der Waals surface area contributed by atoms with E-state index in [4.69, 9.17) is 0 Å². The average molecular weight is 301 g/mol. The Morgan fingerprint density at radius 1 is 0.739 bits per heavy atom. The molecule has 3 aromatic rings. The summed E-state index contributed by atoms with van der Waals surface area (Å²) >= 11 is 0. The molecule has 1 heterocycles. The highest BCUT2D eigenvalue weighted by Crippen LogP contribution is 2.26. The maximum absolute atomic E-state index is 4.50. The lowest BCUT2D eigenvalue weighted by atomic mass is 9.87. The maximum Gasteiger partial charge on any atom is 0.0708 e. The van der Waals surface area contributed by atoms with Gasteiger partial charge in [-0.15, -0.1) is 0 Å². The van der Waals surface area contributed by atoms with Crippen molar-refractivity contribution in [2.75, 3.05) is 0 Å². The summed E-state index contributed by atoms with van der Waals surface area (Å²) in [5, 5.41) is 0. The van der Waals surface area contributed by atoms with E-state index in [0.717, 1.165) is 17.7 Å². The smallest absolute Gasteiger partial charge is 0.0708 e. The van der Waals surface area contributed by atoms with Gasteiger partial charge in [-0.2, -0.15) is 0 Å². The summed E-state index contributed by atoms with van der Waals surface area (Å²) in [6, 6.07) is 23.5. The standard InChI is InChI=1S/C22H23N/c1-22(2,3)16-17-9-11-18(12-10-17)20-13-14-23-21(15-20)19-7-5-4-6-8-19/h4-15H,16H2,1-3H3. The molecule has 0 aliphatic rings. The second-order valence-electron chi connectivity index (χ2n) is 7.23. The summed E-state index contributed by atoms with van der Waals surface area (Å²) in [7, 11) is 0. The summed E-state index contributed by atoms with van der Waals surface area (Å²) in [5.41, 5.74) is 6.32. The first-order valence-corrected chi connectivity index (χ1v) is 8.12. The number of aromatic nitrogens is 1. The van der Waals surface area contributed by atoms with Crippen molar-refractivity contribution in [2.45, 2.75) is 27.2 Å². The van der Waals surface area contributed by atoms with Crippen molar-refractivity contribution in [1.29, 1.82) is 0 Å². The van der Waals surface area contributed by atoms with E-state index in [9.17, 15) is 0 Å². The SMILES string of the molecule is CC(C)(C)Cc1ccc(-c2ccnc(-c3ccccc3)c2)cc1. The van der Waals surface area contributed by atoms with Gasteiger partial charge in [0.15, 0.2) is 0 Å². The molecule has 0 radical (unpaired) electrons. The van der Waals surface area contributed by atoms with Crippen molar-refractivity contribution >= 4 is 0 Å². The van der Waals surface area contributed by atoms with Crippen molar-refractivity contribution in [2.24, 2.45) is 5.41 Å². The first-order valence-electron chi connectivity index (χ1n) is 8.12. The molecular formula is C22H23N. The van der Waals surface area contributed by atoms with Crippen molar-refractivity contribution in [1.82, 2.24) is 4.98 Å². The van der Waals surface area contributed by atoms with E-state index in [1.807, 2.05) is 24.4 Å². The zero-order chi connectivity index (χ0) is 16.3. The first-order chi connectivity index (χ1) is 11.0. The average Bonchev–Trinajstić information content (AvgIpc) is 2.55. The van der Waals surface area contributed by atoms with Crippen LogP contribution in [0.2, 0.25) is 0 Å². The molecule has 2 aromatic carbocycles. The van der Waals surface area contributed by atoms with Gasteiger partial charge in [-0.25, -0.2) is 0 Å². The Hall–Kier alpha value is -2.41. The molecular weight excluding hydrogens is 278 g/mol. The zero-order valence-electron chi connectivity index (χ0n) is 14.1. The van der Waals surface area contributed by atoms with Crippen molar-refractivity contribution < 1.29 is 0 Å². The van der Waals surface area contributed by atoms with Crippen molar-refractivity contribution in [3.63, 3.8) is 0 Å². The van der Waals surface area contributed by atoms with E-state index in [1.54, 1.807) is 0 Å². The molecule has 0 unspecified atom stereocenters. The topological polar surface area (TPSA) is 12.9 Å². The number of hydrogen-bond acceptors (Lipinski definition) is 1. The third-order valence-electron chi connectivity index (χ3n) is 3.85. The molecule has 0 atom stereocenters. The summed E-state index contributed by atoms with van der Waals surface area (Å²) in [6.45, 7) is 6.82. The molecule has 1 heteroatoms. The highest BCUT2D eigenvalue weighted by molar-refractivity contribution is 5.70. The van der Waals surface area contributed by atoms with Gasteiger partial charge in [-0.1, -0.05) is 75.4 Å². The van der Waals surface area contributed by atoms with Crippen LogP contribution in [0.4, 0.5) is 0 Å². The summed E-state index contributed by atoms with van der Waals surface area (Å²) in [5.74, 6) is 0. The number of pyridine rings is 1. The Kier molecular flexibility index (Phi) is 4.29. The van der Waals surface area contributed by atoms with Gasteiger partial charge in [0.05, 0.1) is 5.69 Å². The normalized spacial score (nSPS) is 11.4. The minimum atomic E-state index is 0.318. The maximum atomic E-state index is 4.50. The quantitative estimate of drug-likeness (QED) is 0.577.